The molecule has 1 saturated heterocycles. The van der Waals surface area contributed by atoms with Gasteiger partial charge in [-0.25, -0.2) is 0 Å². The zero-order chi connectivity index (χ0) is 9.14. The van der Waals surface area contributed by atoms with Crippen LogP contribution in [-0.4, -0.2) is 11.9 Å². The smallest absolute Gasteiger partial charge is 0.220 e. The highest BCUT2D eigenvalue weighted by Gasteiger charge is 2.22. The summed E-state index contributed by atoms with van der Waals surface area (Å²) >= 11 is 0. The van der Waals surface area contributed by atoms with Crippen molar-refractivity contribution in [3.8, 4) is 0 Å². The number of hydrogen-bond donors (Lipinski definition) is 1. The molecule has 1 aliphatic heterocycles. The van der Waals surface area contributed by atoms with E-state index in [0.717, 1.165) is 12.8 Å². The standard InChI is InChI=1S/C10H19NO/c1-7(2)9-5-4-8(3)11-10(12)6-9/h7-9H,4-6H2,1-3H3,(H,11,12). The summed E-state index contributed by atoms with van der Waals surface area (Å²) in [5.41, 5.74) is 0. The first-order chi connectivity index (χ1) is 5.59. The molecule has 2 unspecified atom stereocenters. The van der Waals surface area contributed by atoms with Gasteiger partial charge in [0, 0.05) is 12.5 Å². The van der Waals surface area contributed by atoms with Gasteiger partial charge in [-0.05, 0) is 31.6 Å². The van der Waals surface area contributed by atoms with Gasteiger partial charge in [-0.1, -0.05) is 13.8 Å². The van der Waals surface area contributed by atoms with Gasteiger partial charge in [0.05, 0.1) is 0 Å². The van der Waals surface area contributed by atoms with Crippen LogP contribution in [0.5, 0.6) is 0 Å². The number of carbonyl (C=O) groups excluding carboxylic acids is 1. The summed E-state index contributed by atoms with van der Waals surface area (Å²) in [6.45, 7) is 6.49. The van der Waals surface area contributed by atoms with Gasteiger partial charge < -0.3 is 5.32 Å². The average Bonchev–Trinajstić information content (AvgIpc) is 2.11. The minimum atomic E-state index is 0.235. The van der Waals surface area contributed by atoms with Gasteiger partial charge in [-0.15, -0.1) is 0 Å². The summed E-state index contributed by atoms with van der Waals surface area (Å²) in [4.78, 5) is 11.3. The van der Waals surface area contributed by atoms with Gasteiger partial charge in [0.2, 0.25) is 5.91 Å². The Morgan fingerprint density at radius 3 is 2.67 bits per heavy atom. The molecule has 0 saturated carbocycles. The molecule has 1 amide bonds. The van der Waals surface area contributed by atoms with E-state index in [0.29, 0.717) is 17.9 Å². The summed E-state index contributed by atoms with van der Waals surface area (Å²) < 4.78 is 0. The number of nitrogens with one attached hydrogen (secondary N) is 1. The molecule has 2 atom stereocenters. The zero-order valence-electron chi connectivity index (χ0n) is 8.26. The lowest BCUT2D eigenvalue weighted by molar-refractivity contribution is -0.122. The highest BCUT2D eigenvalue weighted by Crippen LogP contribution is 2.24. The number of amides is 1. The summed E-state index contributed by atoms with van der Waals surface area (Å²) in [5, 5.41) is 2.99. The quantitative estimate of drug-likeness (QED) is 0.638. The maximum atomic E-state index is 11.3. The average molecular weight is 169 g/mol. The van der Waals surface area contributed by atoms with E-state index in [4.69, 9.17) is 0 Å². The normalized spacial score (nSPS) is 31.5. The van der Waals surface area contributed by atoms with Crippen molar-refractivity contribution in [3.63, 3.8) is 0 Å². The Kier molecular flexibility index (Phi) is 3.12. The van der Waals surface area contributed by atoms with Crippen molar-refractivity contribution in [2.45, 2.75) is 46.1 Å². The number of carbonyl (C=O) groups is 1. The molecule has 0 aromatic rings. The van der Waals surface area contributed by atoms with E-state index in [1.807, 2.05) is 0 Å². The molecule has 0 spiro atoms. The Balaban J connectivity index is 2.52. The molecule has 12 heavy (non-hydrogen) atoms. The summed E-state index contributed by atoms with van der Waals surface area (Å²) in [7, 11) is 0. The van der Waals surface area contributed by atoms with Crippen molar-refractivity contribution in [3.05, 3.63) is 0 Å². The maximum absolute atomic E-state index is 11.3. The van der Waals surface area contributed by atoms with Gasteiger partial charge in [0.15, 0.2) is 0 Å². The number of hydrogen-bond acceptors (Lipinski definition) is 1. The summed E-state index contributed by atoms with van der Waals surface area (Å²) in [6.07, 6.45) is 3.05. The monoisotopic (exact) mass is 169 g/mol. The third-order valence-corrected chi connectivity index (χ3v) is 2.77. The Morgan fingerprint density at radius 2 is 2.08 bits per heavy atom. The highest BCUT2D eigenvalue weighted by molar-refractivity contribution is 5.76. The molecule has 2 nitrogen and oxygen atoms in total. The molecule has 2 heteroatoms. The van der Waals surface area contributed by atoms with Crippen LogP contribution >= 0.6 is 0 Å². The van der Waals surface area contributed by atoms with E-state index in [-0.39, 0.29) is 5.91 Å². The van der Waals surface area contributed by atoms with Crippen molar-refractivity contribution >= 4 is 5.91 Å². The molecule has 0 aromatic carbocycles. The van der Waals surface area contributed by atoms with Crippen molar-refractivity contribution in [2.24, 2.45) is 11.8 Å². The first-order valence-electron chi connectivity index (χ1n) is 4.89. The molecular weight excluding hydrogens is 150 g/mol. The lowest BCUT2D eigenvalue weighted by atomic mass is 9.88. The van der Waals surface area contributed by atoms with Crippen molar-refractivity contribution in [1.82, 2.24) is 5.32 Å². The fourth-order valence-electron chi connectivity index (χ4n) is 1.78. The summed E-state index contributed by atoms with van der Waals surface area (Å²) in [5.74, 6) is 1.47. The zero-order valence-corrected chi connectivity index (χ0v) is 8.26. The van der Waals surface area contributed by atoms with Crippen molar-refractivity contribution < 1.29 is 4.79 Å². The second kappa shape index (κ2) is 3.92. The molecule has 1 rings (SSSR count). The van der Waals surface area contributed by atoms with Crippen LogP contribution in [0, 0.1) is 11.8 Å². The fraction of sp³-hybridized carbons (Fsp3) is 0.900. The van der Waals surface area contributed by atoms with Crippen LogP contribution in [0.15, 0.2) is 0 Å². The third-order valence-electron chi connectivity index (χ3n) is 2.77. The molecule has 70 valence electrons. The number of rotatable bonds is 1. The lowest BCUT2D eigenvalue weighted by Crippen LogP contribution is -2.30. The van der Waals surface area contributed by atoms with Gasteiger partial charge in [0.1, 0.15) is 0 Å². The molecule has 0 bridgehead atoms. The molecule has 0 aliphatic carbocycles. The Morgan fingerprint density at radius 1 is 1.42 bits per heavy atom. The first-order valence-corrected chi connectivity index (χ1v) is 4.89. The van der Waals surface area contributed by atoms with Crippen molar-refractivity contribution in [2.75, 3.05) is 0 Å². The largest absolute Gasteiger partial charge is 0.354 e. The van der Waals surface area contributed by atoms with E-state index in [1.54, 1.807) is 0 Å². The van der Waals surface area contributed by atoms with E-state index in [1.165, 1.54) is 6.42 Å². The van der Waals surface area contributed by atoms with E-state index in [9.17, 15) is 4.79 Å². The first kappa shape index (κ1) is 9.56. The van der Waals surface area contributed by atoms with Crippen LogP contribution in [0.1, 0.15) is 40.0 Å². The fourth-order valence-corrected chi connectivity index (χ4v) is 1.78. The Bertz CT molecular complexity index is 165. The van der Waals surface area contributed by atoms with E-state index >= 15 is 0 Å². The minimum Gasteiger partial charge on any atom is -0.354 e. The molecular formula is C10H19NO. The van der Waals surface area contributed by atoms with Gasteiger partial charge >= 0.3 is 0 Å². The van der Waals surface area contributed by atoms with Gasteiger partial charge in [0.25, 0.3) is 0 Å². The molecule has 0 radical (unpaired) electrons. The molecule has 1 fully saturated rings. The predicted molar refractivity (Wildman–Crippen MR) is 49.8 cm³/mol. The molecule has 1 aliphatic rings. The van der Waals surface area contributed by atoms with Crippen LogP contribution in [0.2, 0.25) is 0 Å². The molecule has 1 heterocycles. The second-order valence-corrected chi connectivity index (χ2v) is 4.25. The Labute approximate surface area is 74.7 Å². The SMILES string of the molecule is CC1CCC(C(C)C)CC(=O)N1. The predicted octanol–water partition coefficient (Wildman–Crippen LogP) is 1.95. The molecule has 0 aromatic heterocycles. The topological polar surface area (TPSA) is 29.1 Å². The Hall–Kier alpha value is -0.530. The van der Waals surface area contributed by atoms with Crippen LogP contribution in [-0.2, 0) is 4.79 Å². The summed E-state index contributed by atoms with van der Waals surface area (Å²) in [6, 6.07) is 0.376. The van der Waals surface area contributed by atoms with E-state index < -0.39 is 0 Å². The highest BCUT2D eigenvalue weighted by atomic mass is 16.1. The van der Waals surface area contributed by atoms with Crippen LogP contribution in [0.3, 0.4) is 0 Å². The second-order valence-electron chi connectivity index (χ2n) is 4.25. The maximum Gasteiger partial charge on any atom is 0.220 e. The van der Waals surface area contributed by atoms with Crippen LogP contribution in [0.25, 0.3) is 0 Å². The van der Waals surface area contributed by atoms with Gasteiger partial charge in [-0.3, -0.25) is 4.79 Å². The third kappa shape index (κ3) is 2.50. The van der Waals surface area contributed by atoms with Crippen LogP contribution < -0.4 is 5.32 Å². The van der Waals surface area contributed by atoms with Crippen molar-refractivity contribution in [1.29, 1.82) is 0 Å². The van der Waals surface area contributed by atoms with Gasteiger partial charge in [-0.2, -0.15) is 0 Å². The lowest BCUT2D eigenvalue weighted by Gasteiger charge is -2.16. The minimum absolute atomic E-state index is 0.235. The van der Waals surface area contributed by atoms with Crippen LogP contribution in [0.4, 0.5) is 0 Å². The molecule has 1 N–H and O–H groups in total. The van der Waals surface area contributed by atoms with E-state index in [2.05, 4.69) is 26.1 Å².